The van der Waals surface area contributed by atoms with Gasteiger partial charge < -0.3 is 10.2 Å². The molecule has 1 N–H and O–H groups in total. The van der Waals surface area contributed by atoms with Gasteiger partial charge >= 0.3 is 0 Å². The molecule has 2 rings (SSSR count). The zero-order valence-electron chi connectivity index (χ0n) is 11.6. The van der Waals surface area contributed by atoms with Crippen LogP contribution in [-0.2, 0) is 10.2 Å². The fourth-order valence-electron chi connectivity index (χ4n) is 2.44. The fraction of sp³-hybridized carbons (Fsp3) is 0.533. The summed E-state index contributed by atoms with van der Waals surface area (Å²) in [7, 11) is 0. The number of halogens is 1. The van der Waals surface area contributed by atoms with Gasteiger partial charge in [0.15, 0.2) is 0 Å². The van der Waals surface area contributed by atoms with Crippen LogP contribution < -0.4 is 5.32 Å². The molecule has 104 valence electrons. The molecule has 1 aliphatic rings. The Morgan fingerprint density at radius 2 is 2.11 bits per heavy atom. The largest absolute Gasteiger partial charge is 0.341 e. The Morgan fingerprint density at radius 1 is 1.32 bits per heavy atom. The summed E-state index contributed by atoms with van der Waals surface area (Å²) >= 11 is 6.03. The molecular weight excluding hydrogens is 260 g/mol. The lowest BCUT2D eigenvalue weighted by Crippen LogP contribution is -2.44. The van der Waals surface area contributed by atoms with Crippen LogP contribution >= 0.6 is 11.6 Å². The highest BCUT2D eigenvalue weighted by Crippen LogP contribution is 2.28. The number of nitrogens with zero attached hydrogens (tertiary/aromatic N) is 1. The van der Waals surface area contributed by atoms with Gasteiger partial charge in [0.05, 0.1) is 5.41 Å². The molecule has 1 amide bonds. The van der Waals surface area contributed by atoms with Crippen molar-refractivity contribution in [2.24, 2.45) is 0 Å². The average molecular weight is 281 g/mol. The summed E-state index contributed by atoms with van der Waals surface area (Å²) in [5.41, 5.74) is 0.442. The van der Waals surface area contributed by atoms with E-state index in [-0.39, 0.29) is 5.91 Å². The quantitative estimate of drug-likeness (QED) is 0.902. The molecule has 0 aliphatic carbocycles. The normalized spacial score (nSPS) is 17.1. The van der Waals surface area contributed by atoms with Crippen LogP contribution in [0.2, 0.25) is 5.02 Å². The Kier molecular flexibility index (Phi) is 4.48. The van der Waals surface area contributed by atoms with Crippen LogP contribution in [0.15, 0.2) is 24.3 Å². The second-order valence-corrected chi connectivity index (χ2v) is 5.97. The molecule has 4 heteroatoms. The summed E-state index contributed by atoms with van der Waals surface area (Å²) in [4.78, 5) is 14.7. The predicted octanol–water partition coefficient (Wildman–Crippen LogP) is 2.44. The highest BCUT2D eigenvalue weighted by molar-refractivity contribution is 6.30. The first-order chi connectivity index (χ1) is 9.01. The molecule has 19 heavy (non-hydrogen) atoms. The van der Waals surface area contributed by atoms with Crippen molar-refractivity contribution in [3.8, 4) is 0 Å². The third kappa shape index (κ3) is 3.28. The van der Waals surface area contributed by atoms with E-state index in [1.54, 1.807) is 0 Å². The maximum absolute atomic E-state index is 12.7. The van der Waals surface area contributed by atoms with Crippen LogP contribution in [0.25, 0.3) is 0 Å². The van der Waals surface area contributed by atoms with Gasteiger partial charge in [-0.1, -0.05) is 23.7 Å². The molecule has 0 atom stereocenters. The number of carbonyl (C=O) groups excluding carboxylic acids is 1. The molecular formula is C15H21ClN2O. The van der Waals surface area contributed by atoms with Gasteiger partial charge in [-0.05, 0) is 44.5 Å². The SMILES string of the molecule is CC(C)(C(=O)N1CCCNCC1)c1cccc(Cl)c1. The van der Waals surface area contributed by atoms with Gasteiger partial charge in [-0.3, -0.25) is 4.79 Å². The van der Waals surface area contributed by atoms with E-state index < -0.39 is 5.41 Å². The van der Waals surface area contributed by atoms with Crippen molar-refractivity contribution in [3.05, 3.63) is 34.9 Å². The van der Waals surface area contributed by atoms with Crippen LogP contribution in [-0.4, -0.2) is 37.0 Å². The Morgan fingerprint density at radius 3 is 2.84 bits per heavy atom. The Bertz CT molecular complexity index is 451. The number of benzene rings is 1. The van der Waals surface area contributed by atoms with Crippen LogP contribution in [0.3, 0.4) is 0 Å². The molecule has 0 radical (unpaired) electrons. The van der Waals surface area contributed by atoms with Crippen molar-refractivity contribution in [2.75, 3.05) is 26.2 Å². The van der Waals surface area contributed by atoms with Gasteiger partial charge in [0, 0.05) is 24.7 Å². The number of nitrogens with one attached hydrogen (secondary N) is 1. The van der Waals surface area contributed by atoms with Gasteiger partial charge in [0.1, 0.15) is 0 Å². The minimum atomic E-state index is -0.532. The summed E-state index contributed by atoms with van der Waals surface area (Å²) < 4.78 is 0. The molecule has 0 aromatic heterocycles. The summed E-state index contributed by atoms with van der Waals surface area (Å²) in [6.45, 7) is 7.41. The maximum atomic E-state index is 12.7. The monoisotopic (exact) mass is 280 g/mol. The zero-order chi connectivity index (χ0) is 13.9. The van der Waals surface area contributed by atoms with E-state index in [2.05, 4.69) is 5.32 Å². The number of carbonyl (C=O) groups is 1. The van der Waals surface area contributed by atoms with E-state index in [1.165, 1.54) is 0 Å². The van der Waals surface area contributed by atoms with Crippen molar-refractivity contribution in [2.45, 2.75) is 25.7 Å². The third-order valence-corrected chi connectivity index (χ3v) is 3.94. The first-order valence-electron chi connectivity index (χ1n) is 6.78. The lowest BCUT2D eigenvalue weighted by atomic mass is 9.83. The number of rotatable bonds is 2. The fourth-order valence-corrected chi connectivity index (χ4v) is 2.64. The molecule has 1 aromatic carbocycles. The first kappa shape index (κ1) is 14.4. The summed E-state index contributed by atoms with van der Waals surface area (Å²) in [6.07, 6.45) is 1.01. The second kappa shape index (κ2) is 5.93. The van der Waals surface area contributed by atoms with Gasteiger partial charge in [-0.15, -0.1) is 0 Å². The van der Waals surface area contributed by atoms with Gasteiger partial charge in [0.25, 0.3) is 0 Å². The summed E-state index contributed by atoms with van der Waals surface area (Å²) in [6, 6.07) is 7.59. The minimum absolute atomic E-state index is 0.179. The molecule has 1 fully saturated rings. The Labute approximate surface area is 119 Å². The van der Waals surface area contributed by atoms with Crippen molar-refractivity contribution in [1.82, 2.24) is 10.2 Å². The lowest BCUT2D eigenvalue weighted by Gasteiger charge is -2.31. The highest BCUT2D eigenvalue weighted by Gasteiger charge is 2.33. The van der Waals surface area contributed by atoms with Crippen molar-refractivity contribution >= 4 is 17.5 Å². The number of hydrogen-bond acceptors (Lipinski definition) is 2. The van der Waals surface area contributed by atoms with Gasteiger partial charge in [0.2, 0.25) is 5.91 Å². The van der Waals surface area contributed by atoms with E-state index >= 15 is 0 Å². The van der Waals surface area contributed by atoms with Crippen molar-refractivity contribution in [1.29, 1.82) is 0 Å². The van der Waals surface area contributed by atoms with Crippen LogP contribution in [0.1, 0.15) is 25.8 Å². The van der Waals surface area contributed by atoms with E-state index in [1.807, 2.05) is 43.0 Å². The second-order valence-electron chi connectivity index (χ2n) is 5.53. The van der Waals surface area contributed by atoms with Crippen LogP contribution in [0.4, 0.5) is 0 Å². The van der Waals surface area contributed by atoms with Gasteiger partial charge in [-0.2, -0.15) is 0 Å². The summed E-state index contributed by atoms with van der Waals surface area (Å²) in [5.74, 6) is 0.179. The molecule has 1 aliphatic heterocycles. The minimum Gasteiger partial charge on any atom is -0.341 e. The van der Waals surface area contributed by atoms with E-state index in [9.17, 15) is 4.79 Å². The van der Waals surface area contributed by atoms with Crippen LogP contribution in [0, 0.1) is 0 Å². The smallest absolute Gasteiger partial charge is 0.232 e. The molecule has 0 saturated carbocycles. The number of hydrogen-bond donors (Lipinski definition) is 1. The van der Waals surface area contributed by atoms with Crippen LogP contribution in [0.5, 0.6) is 0 Å². The van der Waals surface area contributed by atoms with Gasteiger partial charge in [-0.25, -0.2) is 0 Å². The molecule has 3 nitrogen and oxygen atoms in total. The topological polar surface area (TPSA) is 32.3 Å². The van der Waals surface area contributed by atoms with E-state index in [0.717, 1.165) is 38.2 Å². The highest BCUT2D eigenvalue weighted by atomic mass is 35.5. The predicted molar refractivity (Wildman–Crippen MR) is 78.5 cm³/mol. The van der Waals surface area contributed by atoms with Crippen molar-refractivity contribution in [3.63, 3.8) is 0 Å². The van der Waals surface area contributed by atoms with Crippen molar-refractivity contribution < 1.29 is 4.79 Å². The van der Waals surface area contributed by atoms with E-state index in [4.69, 9.17) is 11.6 Å². The Balaban J connectivity index is 2.20. The molecule has 1 saturated heterocycles. The molecule has 0 unspecified atom stereocenters. The van der Waals surface area contributed by atoms with E-state index in [0.29, 0.717) is 5.02 Å². The number of amides is 1. The maximum Gasteiger partial charge on any atom is 0.232 e. The zero-order valence-corrected chi connectivity index (χ0v) is 12.3. The molecule has 0 spiro atoms. The molecule has 0 bridgehead atoms. The summed E-state index contributed by atoms with van der Waals surface area (Å²) in [5, 5.41) is 3.99. The first-order valence-corrected chi connectivity index (χ1v) is 7.16. The average Bonchev–Trinajstić information content (AvgIpc) is 2.66. The molecule has 1 heterocycles. The Hall–Kier alpha value is -1.06. The molecule has 1 aromatic rings. The lowest BCUT2D eigenvalue weighted by molar-refractivity contribution is -0.136. The third-order valence-electron chi connectivity index (χ3n) is 3.71. The standard InChI is InChI=1S/C15H21ClN2O/c1-15(2,12-5-3-6-13(16)11-12)14(19)18-9-4-7-17-8-10-18/h3,5-6,11,17H,4,7-10H2,1-2H3.